The van der Waals surface area contributed by atoms with Gasteiger partial charge in [0.2, 0.25) is 0 Å². The fourth-order valence-corrected chi connectivity index (χ4v) is 1.90. The smallest absolute Gasteiger partial charge is 0.119 e. The molecule has 0 aliphatic carbocycles. The van der Waals surface area contributed by atoms with E-state index in [0.29, 0.717) is 0 Å². The van der Waals surface area contributed by atoms with E-state index >= 15 is 0 Å². The molecular formula is C14H19NO. The topological polar surface area (TPSA) is 21.3 Å². The van der Waals surface area contributed by atoms with E-state index in [9.17, 15) is 0 Å². The zero-order chi connectivity index (χ0) is 11.2. The second-order valence-corrected chi connectivity index (χ2v) is 4.23. The molecular weight excluding hydrogens is 198 g/mol. The summed E-state index contributed by atoms with van der Waals surface area (Å²) in [5.74, 6) is 0.981. The summed E-state index contributed by atoms with van der Waals surface area (Å²) in [7, 11) is 0. The average Bonchev–Trinajstić information content (AvgIpc) is 2.30. The van der Waals surface area contributed by atoms with E-state index in [4.69, 9.17) is 4.74 Å². The molecule has 0 aromatic heterocycles. The molecule has 0 saturated carbocycles. The second-order valence-electron chi connectivity index (χ2n) is 4.23. The summed E-state index contributed by atoms with van der Waals surface area (Å²) in [5.41, 5.74) is 2.77. The monoisotopic (exact) mass is 217 g/mol. The van der Waals surface area contributed by atoms with Gasteiger partial charge in [0.15, 0.2) is 0 Å². The van der Waals surface area contributed by atoms with E-state index in [1.54, 1.807) is 0 Å². The van der Waals surface area contributed by atoms with Crippen LogP contribution in [0.3, 0.4) is 0 Å². The predicted molar refractivity (Wildman–Crippen MR) is 66.9 cm³/mol. The van der Waals surface area contributed by atoms with Crippen molar-refractivity contribution in [2.45, 2.75) is 19.8 Å². The van der Waals surface area contributed by atoms with Crippen LogP contribution in [0.5, 0.6) is 5.75 Å². The van der Waals surface area contributed by atoms with Crippen LogP contribution in [-0.2, 0) is 0 Å². The minimum atomic E-state index is 0.787. The first kappa shape index (κ1) is 11.2. The number of ether oxygens (including phenoxy) is 1. The van der Waals surface area contributed by atoms with Crippen molar-refractivity contribution in [2.75, 3.05) is 19.7 Å². The van der Waals surface area contributed by atoms with Crippen LogP contribution in [0.25, 0.3) is 0 Å². The van der Waals surface area contributed by atoms with Crippen molar-refractivity contribution in [1.29, 1.82) is 0 Å². The van der Waals surface area contributed by atoms with Crippen LogP contribution >= 0.6 is 0 Å². The van der Waals surface area contributed by atoms with E-state index in [1.807, 2.05) is 12.1 Å². The van der Waals surface area contributed by atoms with Crippen molar-refractivity contribution < 1.29 is 4.74 Å². The molecule has 1 aliphatic heterocycles. The van der Waals surface area contributed by atoms with Crippen LogP contribution < -0.4 is 10.1 Å². The summed E-state index contributed by atoms with van der Waals surface area (Å²) in [5, 5.41) is 3.31. The molecule has 2 heteroatoms. The molecule has 1 N–H and O–H groups in total. The molecule has 0 unspecified atom stereocenters. The maximum atomic E-state index is 5.73. The van der Waals surface area contributed by atoms with Gasteiger partial charge in [0.05, 0.1) is 6.61 Å². The summed E-state index contributed by atoms with van der Waals surface area (Å²) in [6, 6.07) is 8.22. The fourth-order valence-electron chi connectivity index (χ4n) is 1.90. The quantitative estimate of drug-likeness (QED) is 0.783. The summed E-state index contributed by atoms with van der Waals surface area (Å²) in [6.07, 6.45) is 4.50. The molecule has 0 spiro atoms. The SMILES string of the molecule is Cc1cccc(OCCC2=CCNCC2)c1. The van der Waals surface area contributed by atoms with E-state index in [0.717, 1.165) is 38.3 Å². The van der Waals surface area contributed by atoms with Crippen molar-refractivity contribution in [3.63, 3.8) is 0 Å². The molecule has 1 aromatic carbocycles. The minimum absolute atomic E-state index is 0.787. The zero-order valence-electron chi connectivity index (χ0n) is 9.83. The van der Waals surface area contributed by atoms with Gasteiger partial charge < -0.3 is 10.1 Å². The summed E-state index contributed by atoms with van der Waals surface area (Å²) >= 11 is 0. The molecule has 0 atom stereocenters. The van der Waals surface area contributed by atoms with Gasteiger partial charge in [0.25, 0.3) is 0 Å². The largest absolute Gasteiger partial charge is 0.493 e. The molecule has 1 aromatic rings. The lowest BCUT2D eigenvalue weighted by Crippen LogP contribution is -2.21. The maximum Gasteiger partial charge on any atom is 0.119 e. The first-order valence-corrected chi connectivity index (χ1v) is 5.93. The minimum Gasteiger partial charge on any atom is -0.493 e. The van der Waals surface area contributed by atoms with E-state index in [1.165, 1.54) is 11.1 Å². The van der Waals surface area contributed by atoms with Crippen LogP contribution in [0.2, 0.25) is 0 Å². The molecule has 0 fully saturated rings. The Morgan fingerprint density at radius 3 is 3.06 bits per heavy atom. The highest BCUT2D eigenvalue weighted by Gasteiger charge is 2.02. The Kier molecular flexibility index (Phi) is 4.00. The normalized spacial score (nSPS) is 15.7. The molecule has 1 aliphatic rings. The average molecular weight is 217 g/mol. The predicted octanol–water partition coefficient (Wildman–Crippen LogP) is 2.68. The van der Waals surface area contributed by atoms with Crippen LogP contribution in [0.4, 0.5) is 0 Å². The lowest BCUT2D eigenvalue weighted by molar-refractivity contribution is 0.319. The van der Waals surface area contributed by atoms with Crippen LogP contribution in [0, 0.1) is 6.92 Å². The molecule has 2 rings (SSSR count). The van der Waals surface area contributed by atoms with Gasteiger partial charge in [-0.05, 0) is 37.6 Å². The third kappa shape index (κ3) is 3.38. The zero-order valence-corrected chi connectivity index (χ0v) is 9.83. The van der Waals surface area contributed by atoms with Gasteiger partial charge in [-0.2, -0.15) is 0 Å². The third-order valence-corrected chi connectivity index (χ3v) is 2.84. The first-order valence-electron chi connectivity index (χ1n) is 5.93. The summed E-state index contributed by atoms with van der Waals surface area (Å²) < 4.78 is 5.73. The Hall–Kier alpha value is -1.28. The molecule has 0 amide bonds. The lowest BCUT2D eigenvalue weighted by Gasteiger charge is -2.14. The highest BCUT2D eigenvalue weighted by atomic mass is 16.5. The van der Waals surface area contributed by atoms with Gasteiger partial charge in [-0.15, -0.1) is 0 Å². The van der Waals surface area contributed by atoms with Crippen molar-refractivity contribution in [1.82, 2.24) is 5.32 Å². The van der Waals surface area contributed by atoms with Gasteiger partial charge in [-0.25, -0.2) is 0 Å². The summed E-state index contributed by atoms with van der Waals surface area (Å²) in [6.45, 7) is 4.99. The Morgan fingerprint density at radius 1 is 1.38 bits per heavy atom. The van der Waals surface area contributed by atoms with Crippen molar-refractivity contribution in [3.05, 3.63) is 41.5 Å². The van der Waals surface area contributed by atoms with Crippen LogP contribution in [0.15, 0.2) is 35.9 Å². The van der Waals surface area contributed by atoms with Crippen molar-refractivity contribution in [2.24, 2.45) is 0 Å². The molecule has 2 nitrogen and oxygen atoms in total. The lowest BCUT2D eigenvalue weighted by atomic mass is 10.1. The van der Waals surface area contributed by atoms with Gasteiger partial charge in [0, 0.05) is 13.0 Å². The number of nitrogens with one attached hydrogen (secondary N) is 1. The number of rotatable bonds is 4. The Bertz CT molecular complexity index is 371. The van der Waals surface area contributed by atoms with E-state index in [-0.39, 0.29) is 0 Å². The Labute approximate surface area is 97.3 Å². The number of benzene rings is 1. The first-order chi connectivity index (χ1) is 7.84. The summed E-state index contributed by atoms with van der Waals surface area (Å²) in [4.78, 5) is 0. The Morgan fingerprint density at radius 2 is 2.31 bits per heavy atom. The number of aryl methyl sites for hydroxylation is 1. The molecule has 16 heavy (non-hydrogen) atoms. The Balaban J connectivity index is 1.77. The van der Waals surface area contributed by atoms with Crippen molar-refractivity contribution >= 4 is 0 Å². The number of hydrogen-bond acceptors (Lipinski definition) is 2. The molecule has 86 valence electrons. The fraction of sp³-hybridized carbons (Fsp3) is 0.429. The van der Waals surface area contributed by atoms with Gasteiger partial charge in [-0.3, -0.25) is 0 Å². The van der Waals surface area contributed by atoms with Gasteiger partial charge in [0.1, 0.15) is 5.75 Å². The van der Waals surface area contributed by atoms with Crippen molar-refractivity contribution in [3.8, 4) is 5.75 Å². The van der Waals surface area contributed by atoms with Gasteiger partial charge in [-0.1, -0.05) is 23.8 Å². The molecule has 0 saturated heterocycles. The highest BCUT2D eigenvalue weighted by molar-refractivity contribution is 5.27. The van der Waals surface area contributed by atoms with Crippen LogP contribution in [-0.4, -0.2) is 19.7 Å². The molecule has 0 bridgehead atoms. The third-order valence-electron chi connectivity index (χ3n) is 2.84. The second kappa shape index (κ2) is 5.71. The van der Waals surface area contributed by atoms with E-state index < -0.39 is 0 Å². The van der Waals surface area contributed by atoms with E-state index in [2.05, 4.69) is 30.4 Å². The van der Waals surface area contributed by atoms with Gasteiger partial charge >= 0.3 is 0 Å². The molecule has 0 radical (unpaired) electrons. The highest BCUT2D eigenvalue weighted by Crippen LogP contribution is 2.14. The maximum absolute atomic E-state index is 5.73. The number of hydrogen-bond donors (Lipinski definition) is 1. The van der Waals surface area contributed by atoms with Crippen LogP contribution in [0.1, 0.15) is 18.4 Å². The standard InChI is InChI=1S/C14H19NO/c1-12-3-2-4-14(11-12)16-10-7-13-5-8-15-9-6-13/h2-5,11,15H,6-10H2,1H3. The molecule has 1 heterocycles.